The SMILES string of the molecule is N=C1CCN(C(=O)OCCN2CCOCC2)C[C@H]1n1cc(C(N)=O)c(Nc2ccc(F)cc2)n1. The van der Waals surface area contributed by atoms with Crippen LogP contribution < -0.4 is 11.1 Å². The van der Waals surface area contributed by atoms with Gasteiger partial charge >= 0.3 is 6.09 Å². The van der Waals surface area contributed by atoms with Crippen LogP contribution in [0.3, 0.4) is 0 Å². The summed E-state index contributed by atoms with van der Waals surface area (Å²) in [4.78, 5) is 28.3. The number of likely N-dealkylation sites (tertiary alicyclic amines) is 1. The average molecular weight is 474 g/mol. The molecule has 12 heteroatoms. The van der Waals surface area contributed by atoms with Gasteiger partial charge in [0.1, 0.15) is 24.0 Å². The molecule has 2 amide bonds. The number of amides is 2. The molecule has 0 aliphatic carbocycles. The first-order valence-electron chi connectivity index (χ1n) is 11.1. The normalized spacial score (nSPS) is 19.1. The summed E-state index contributed by atoms with van der Waals surface area (Å²) < 4.78 is 25.4. The molecule has 4 rings (SSSR count). The standard InChI is InChI=1S/C22H28FN7O4/c23-15-1-3-16(4-2-15)26-21-17(20(25)31)13-30(27-21)19-14-29(6-5-18(19)24)22(32)34-12-9-28-7-10-33-11-8-28/h1-4,13,19,24H,5-12,14H2,(H2,25,31)(H,26,27)/t19-/m1/s1. The number of nitrogens with two attached hydrogens (primary N) is 1. The Kier molecular flexibility index (Phi) is 7.38. The predicted molar refractivity (Wildman–Crippen MR) is 122 cm³/mol. The number of benzene rings is 1. The molecule has 1 atom stereocenters. The van der Waals surface area contributed by atoms with E-state index < -0.39 is 23.9 Å². The topological polar surface area (TPSA) is 139 Å². The Hall–Kier alpha value is -3.51. The summed E-state index contributed by atoms with van der Waals surface area (Å²) in [6, 6.07) is 5.01. The summed E-state index contributed by atoms with van der Waals surface area (Å²) in [5.74, 6) is -0.895. The fourth-order valence-electron chi connectivity index (χ4n) is 3.91. The molecule has 2 aromatic rings. The number of primary amides is 1. The second-order valence-electron chi connectivity index (χ2n) is 8.17. The van der Waals surface area contributed by atoms with Crippen molar-refractivity contribution >= 4 is 29.2 Å². The molecular formula is C22H28FN7O4. The van der Waals surface area contributed by atoms with Crippen molar-refractivity contribution in [2.45, 2.75) is 12.5 Å². The third-order valence-corrected chi connectivity index (χ3v) is 5.87. The Morgan fingerprint density at radius 1 is 1.24 bits per heavy atom. The van der Waals surface area contributed by atoms with Crippen molar-refractivity contribution in [3.63, 3.8) is 0 Å². The van der Waals surface area contributed by atoms with Gasteiger partial charge in [-0.05, 0) is 24.3 Å². The van der Waals surface area contributed by atoms with E-state index in [2.05, 4.69) is 15.3 Å². The number of ether oxygens (including phenoxy) is 2. The van der Waals surface area contributed by atoms with Gasteiger partial charge in [0, 0.05) is 50.2 Å². The van der Waals surface area contributed by atoms with Gasteiger partial charge in [-0.2, -0.15) is 5.10 Å². The number of carbonyl (C=O) groups is 2. The van der Waals surface area contributed by atoms with E-state index in [9.17, 15) is 14.0 Å². The minimum Gasteiger partial charge on any atom is -0.448 e. The van der Waals surface area contributed by atoms with Crippen LogP contribution in [0.5, 0.6) is 0 Å². The molecule has 2 fully saturated rings. The molecule has 0 radical (unpaired) electrons. The number of halogens is 1. The lowest BCUT2D eigenvalue weighted by Gasteiger charge is -2.33. The van der Waals surface area contributed by atoms with Crippen LogP contribution in [0.1, 0.15) is 22.8 Å². The van der Waals surface area contributed by atoms with Gasteiger partial charge in [-0.15, -0.1) is 0 Å². The zero-order valence-electron chi connectivity index (χ0n) is 18.7. The smallest absolute Gasteiger partial charge is 0.409 e. The first-order valence-corrected chi connectivity index (χ1v) is 11.1. The molecule has 2 aliphatic heterocycles. The lowest BCUT2D eigenvalue weighted by Crippen LogP contribution is -2.46. The summed E-state index contributed by atoms with van der Waals surface area (Å²) in [6.45, 7) is 4.46. The second kappa shape index (κ2) is 10.6. The minimum absolute atomic E-state index is 0.127. The number of piperidine rings is 1. The number of hydrogen-bond acceptors (Lipinski definition) is 8. The van der Waals surface area contributed by atoms with Crippen molar-refractivity contribution in [3.8, 4) is 0 Å². The molecule has 0 spiro atoms. The van der Waals surface area contributed by atoms with Crippen LogP contribution in [0, 0.1) is 11.2 Å². The van der Waals surface area contributed by atoms with Gasteiger partial charge in [0.05, 0.1) is 19.8 Å². The van der Waals surface area contributed by atoms with Crippen molar-refractivity contribution < 1.29 is 23.5 Å². The van der Waals surface area contributed by atoms with E-state index in [0.717, 1.165) is 13.1 Å². The summed E-state index contributed by atoms with van der Waals surface area (Å²) in [7, 11) is 0. The first kappa shape index (κ1) is 23.6. The summed E-state index contributed by atoms with van der Waals surface area (Å²) in [5.41, 5.74) is 6.55. The fraction of sp³-hybridized carbons (Fsp3) is 0.455. The van der Waals surface area contributed by atoms with E-state index >= 15 is 0 Å². The number of carbonyl (C=O) groups excluding carboxylic acids is 2. The zero-order valence-corrected chi connectivity index (χ0v) is 18.7. The summed E-state index contributed by atoms with van der Waals surface area (Å²) in [5, 5.41) is 15.8. The van der Waals surface area contributed by atoms with E-state index in [1.54, 1.807) is 4.90 Å². The molecule has 2 aliphatic rings. The molecule has 4 N–H and O–H groups in total. The highest BCUT2D eigenvalue weighted by atomic mass is 19.1. The molecule has 3 heterocycles. The minimum atomic E-state index is -0.697. The Bertz CT molecular complexity index is 1040. The lowest BCUT2D eigenvalue weighted by molar-refractivity contribution is 0.0243. The molecule has 0 bridgehead atoms. The van der Waals surface area contributed by atoms with Crippen molar-refractivity contribution in [3.05, 3.63) is 41.8 Å². The second-order valence-corrected chi connectivity index (χ2v) is 8.17. The van der Waals surface area contributed by atoms with Crippen molar-refractivity contribution in [1.82, 2.24) is 19.6 Å². The lowest BCUT2D eigenvalue weighted by atomic mass is 10.0. The Morgan fingerprint density at radius 2 is 1.97 bits per heavy atom. The Balaban J connectivity index is 1.41. The van der Waals surface area contributed by atoms with Gasteiger partial charge in [0.15, 0.2) is 5.82 Å². The first-order chi connectivity index (χ1) is 16.4. The number of hydrogen-bond donors (Lipinski definition) is 3. The summed E-state index contributed by atoms with van der Waals surface area (Å²) in [6.07, 6.45) is 1.37. The fourth-order valence-corrected chi connectivity index (χ4v) is 3.91. The van der Waals surface area contributed by atoms with Crippen LogP contribution in [-0.4, -0.2) is 89.8 Å². The van der Waals surface area contributed by atoms with E-state index in [1.165, 1.54) is 35.1 Å². The quantitative estimate of drug-likeness (QED) is 0.555. The van der Waals surface area contributed by atoms with Crippen LogP contribution in [0.4, 0.5) is 20.7 Å². The third kappa shape index (κ3) is 5.69. The highest BCUT2D eigenvalue weighted by Crippen LogP contribution is 2.25. The number of morpholine rings is 1. The Morgan fingerprint density at radius 3 is 2.68 bits per heavy atom. The van der Waals surface area contributed by atoms with Crippen LogP contribution in [0.15, 0.2) is 30.5 Å². The summed E-state index contributed by atoms with van der Waals surface area (Å²) >= 11 is 0. The van der Waals surface area contributed by atoms with Gasteiger partial charge in [0.2, 0.25) is 0 Å². The van der Waals surface area contributed by atoms with Crippen LogP contribution in [0.25, 0.3) is 0 Å². The predicted octanol–water partition coefficient (Wildman–Crippen LogP) is 1.60. The molecular weight excluding hydrogens is 445 g/mol. The highest BCUT2D eigenvalue weighted by Gasteiger charge is 2.31. The van der Waals surface area contributed by atoms with Gasteiger partial charge in [-0.25, -0.2) is 9.18 Å². The van der Waals surface area contributed by atoms with Crippen LogP contribution >= 0.6 is 0 Å². The molecule has 34 heavy (non-hydrogen) atoms. The van der Waals surface area contributed by atoms with Gasteiger partial charge in [-0.3, -0.25) is 14.4 Å². The van der Waals surface area contributed by atoms with Gasteiger partial charge in [-0.1, -0.05) is 0 Å². The zero-order chi connectivity index (χ0) is 24.1. The van der Waals surface area contributed by atoms with E-state index in [1.807, 2.05) is 0 Å². The number of anilines is 2. The van der Waals surface area contributed by atoms with E-state index in [-0.39, 0.29) is 24.5 Å². The number of nitrogens with zero attached hydrogens (tertiary/aromatic N) is 4. The molecule has 1 aromatic heterocycles. The number of aromatic nitrogens is 2. The van der Waals surface area contributed by atoms with Crippen molar-refractivity contribution in [2.24, 2.45) is 5.73 Å². The van der Waals surface area contributed by atoms with Gasteiger partial charge < -0.3 is 30.8 Å². The van der Waals surface area contributed by atoms with Gasteiger partial charge in [0.25, 0.3) is 5.91 Å². The number of rotatable bonds is 7. The van der Waals surface area contributed by atoms with Crippen LogP contribution in [-0.2, 0) is 9.47 Å². The highest BCUT2D eigenvalue weighted by molar-refractivity contribution is 5.98. The monoisotopic (exact) mass is 473 g/mol. The maximum atomic E-state index is 13.2. The Labute approximate surface area is 196 Å². The van der Waals surface area contributed by atoms with E-state index in [0.29, 0.717) is 44.1 Å². The molecule has 1 aromatic carbocycles. The largest absolute Gasteiger partial charge is 0.448 e. The maximum Gasteiger partial charge on any atom is 0.409 e. The molecule has 2 saturated heterocycles. The van der Waals surface area contributed by atoms with Crippen LogP contribution in [0.2, 0.25) is 0 Å². The molecule has 0 unspecified atom stereocenters. The maximum absolute atomic E-state index is 13.2. The van der Waals surface area contributed by atoms with Crippen molar-refractivity contribution in [1.29, 1.82) is 5.41 Å². The third-order valence-electron chi connectivity index (χ3n) is 5.87. The average Bonchev–Trinajstić information content (AvgIpc) is 3.25. The molecule has 11 nitrogen and oxygen atoms in total. The van der Waals surface area contributed by atoms with E-state index in [4.69, 9.17) is 20.6 Å². The van der Waals surface area contributed by atoms with Crippen molar-refractivity contribution in [2.75, 3.05) is 57.9 Å². The number of nitrogens with one attached hydrogen (secondary N) is 2. The molecule has 182 valence electrons. The molecule has 0 saturated carbocycles.